The molecule has 0 saturated carbocycles. The molecule has 1 aromatic heterocycles. The lowest BCUT2D eigenvalue weighted by Crippen LogP contribution is -2.44. The topological polar surface area (TPSA) is 91.6 Å². The van der Waals surface area contributed by atoms with Gasteiger partial charge in [-0.3, -0.25) is 18.7 Å². The van der Waals surface area contributed by atoms with E-state index in [0.29, 0.717) is 47.9 Å². The van der Waals surface area contributed by atoms with Gasteiger partial charge in [0, 0.05) is 37.7 Å². The Labute approximate surface area is 173 Å². The number of fused-ring (bicyclic) bond motifs is 1. The van der Waals surface area contributed by atoms with Gasteiger partial charge in [-0.05, 0) is 37.5 Å². The van der Waals surface area contributed by atoms with Crippen LogP contribution < -0.4 is 26.0 Å². The molecule has 2 aromatic rings. The van der Waals surface area contributed by atoms with E-state index >= 15 is 0 Å². The molecule has 1 atom stereocenters. The van der Waals surface area contributed by atoms with Gasteiger partial charge in [0.1, 0.15) is 5.82 Å². The van der Waals surface area contributed by atoms with E-state index in [0.717, 1.165) is 22.2 Å². The number of nitrogens with one attached hydrogen (secondary N) is 1. The maximum absolute atomic E-state index is 13.2. The van der Waals surface area contributed by atoms with Gasteiger partial charge in [0.05, 0.1) is 19.3 Å². The number of methoxy groups -OCH3 is 1. The van der Waals surface area contributed by atoms with E-state index < -0.39 is 17.2 Å². The minimum Gasteiger partial charge on any atom is -0.493 e. The standard InChI is InChI=1S/C22H25N3O5/c1-5-30-15-10-9-12(11-16(15)29-4)17-18-13(7-6-8-14(18)26)23-20-19(17)21(27)25(3)22(28)24(20)2/h9-11,17,23H,5-8H2,1-4H3/t17-/m1/s1. The van der Waals surface area contributed by atoms with Gasteiger partial charge in [0.15, 0.2) is 17.3 Å². The Bertz CT molecular complexity index is 1190. The van der Waals surface area contributed by atoms with Crippen LogP contribution in [-0.2, 0) is 18.9 Å². The van der Waals surface area contributed by atoms with Crippen LogP contribution >= 0.6 is 0 Å². The summed E-state index contributed by atoms with van der Waals surface area (Å²) in [6.07, 6.45) is 1.86. The van der Waals surface area contributed by atoms with Crippen molar-refractivity contribution >= 4 is 11.6 Å². The van der Waals surface area contributed by atoms with Gasteiger partial charge in [0.25, 0.3) is 5.56 Å². The minimum absolute atomic E-state index is 0.0168. The lowest BCUT2D eigenvalue weighted by Gasteiger charge is -2.34. The lowest BCUT2D eigenvalue weighted by molar-refractivity contribution is -0.116. The van der Waals surface area contributed by atoms with Crippen molar-refractivity contribution < 1.29 is 14.3 Å². The first-order chi connectivity index (χ1) is 14.4. The number of carbonyl (C=O) groups is 1. The van der Waals surface area contributed by atoms with Gasteiger partial charge >= 0.3 is 5.69 Å². The first kappa shape index (κ1) is 20.0. The average molecular weight is 411 g/mol. The van der Waals surface area contributed by atoms with Crippen molar-refractivity contribution in [3.63, 3.8) is 0 Å². The number of Topliss-reactive ketones (excluding diaryl/α,β-unsaturated/α-hetero) is 1. The molecule has 158 valence electrons. The molecule has 0 amide bonds. The van der Waals surface area contributed by atoms with Crippen LogP contribution in [0.5, 0.6) is 11.5 Å². The first-order valence-corrected chi connectivity index (χ1v) is 10.0. The van der Waals surface area contributed by atoms with Crippen LogP contribution in [0.25, 0.3) is 0 Å². The normalized spacial score (nSPS) is 17.9. The number of hydrogen-bond donors (Lipinski definition) is 1. The highest BCUT2D eigenvalue weighted by molar-refractivity contribution is 6.00. The number of anilines is 1. The maximum atomic E-state index is 13.2. The Kier molecular flexibility index (Phi) is 5.01. The summed E-state index contributed by atoms with van der Waals surface area (Å²) in [5.41, 5.74) is 1.68. The SMILES string of the molecule is CCOc1ccc([C@@H]2C3=C(CCCC3=O)Nc3c2c(=O)n(C)c(=O)n3C)cc1OC. The quantitative estimate of drug-likeness (QED) is 0.828. The summed E-state index contributed by atoms with van der Waals surface area (Å²) < 4.78 is 13.6. The fourth-order valence-electron chi connectivity index (χ4n) is 4.37. The number of carbonyl (C=O) groups excluding carboxylic acids is 1. The summed E-state index contributed by atoms with van der Waals surface area (Å²) in [5, 5.41) is 3.22. The summed E-state index contributed by atoms with van der Waals surface area (Å²) in [5.74, 6) is 0.994. The van der Waals surface area contributed by atoms with E-state index in [1.165, 1.54) is 11.6 Å². The zero-order valence-corrected chi connectivity index (χ0v) is 17.6. The molecule has 1 aliphatic heterocycles. The van der Waals surface area contributed by atoms with Gasteiger partial charge in [-0.2, -0.15) is 0 Å². The van der Waals surface area contributed by atoms with E-state index in [1.807, 2.05) is 19.1 Å². The molecular weight excluding hydrogens is 386 g/mol. The Morgan fingerprint density at radius 1 is 1.10 bits per heavy atom. The van der Waals surface area contributed by atoms with Crippen LogP contribution in [0, 0.1) is 0 Å². The largest absolute Gasteiger partial charge is 0.493 e. The molecule has 1 N–H and O–H groups in total. The molecule has 2 aliphatic rings. The maximum Gasteiger partial charge on any atom is 0.332 e. The van der Waals surface area contributed by atoms with Crippen LogP contribution in [0.1, 0.15) is 43.2 Å². The molecule has 1 aliphatic carbocycles. The Hall–Kier alpha value is -3.29. The average Bonchev–Trinajstić information content (AvgIpc) is 2.75. The van der Waals surface area contributed by atoms with Crippen LogP contribution in [0.3, 0.4) is 0 Å². The van der Waals surface area contributed by atoms with E-state index in [-0.39, 0.29) is 5.78 Å². The Morgan fingerprint density at radius 3 is 2.57 bits per heavy atom. The fourth-order valence-corrected chi connectivity index (χ4v) is 4.37. The van der Waals surface area contributed by atoms with Crippen molar-refractivity contribution in [3.05, 3.63) is 61.4 Å². The van der Waals surface area contributed by atoms with Gasteiger partial charge in [-0.15, -0.1) is 0 Å². The second kappa shape index (κ2) is 7.51. The molecule has 0 saturated heterocycles. The second-order valence-corrected chi connectivity index (χ2v) is 7.54. The molecular formula is C22H25N3O5. The lowest BCUT2D eigenvalue weighted by atomic mass is 9.76. The number of aromatic nitrogens is 2. The molecule has 0 unspecified atom stereocenters. The van der Waals surface area contributed by atoms with E-state index in [1.54, 1.807) is 20.2 Å². The predicted octanol–water partition coefficient (Wildman–Crippen LogP) is 2.06. The molecule has 1 aromatic carbocycles. The second-order valence-electron chi connectivity index (χ2n) is 7.54. The van der Waals surface area contributed by atoms with E-state index in [2.05, 4.69) is 5.32 Å². The van der Waals surface area contributed by atoms with Crippen LogP contribution in [0.15, 0.2) is 39.1 Å². The Balaban J connectivity index is 2.02. The van der Waals surface area contributed by atoms with Gasteiger partial charge in [-0.25, -0.2) is 4.79 Å². The van der Waals surface area contributed by atoms with Gasteiger partial charge < -0.3 is 14.8 Å². The fraction of sp³-hybridized carbons (Fsp3) is 0.409. The van der Waals surface area contributed by atoms with Gasteiger partial charge in [0.2, 0.25) is 0 Å². The summed E-state index contributed by atoms with van der Waals surface area (Å²) in [4.78, 5) is 38.7. The summed E-state index contributed by atoms with van der Waals surface area (Å²) in [6, 6.07) is 5.45. The highest BCUT2D eigenvalue weighted by Gasteiger charge is 2.38. The highest BCUT2D eigenvalue weighted by Crippen LogP contribution is 2.45. The number of benzene rings is 1. The molecule has 2 heterocycles. The van der Waals surface area contributed by atoms with Crippen LogP contribution in [-0.4, -0.2) is 28.6 Å². The number of allylic oxidation sites excluding steroid dienone is 2. The molecule has 0 fully saturated rings. The van der Waals surface area contributed by atoms with Crippen molar-refractivity contribution in [1.29, 1.82) is 0 Å². The van der Waals surface area contributed by atoms with Crippen LogP contribution in [0.2, 0.25) is 0 Å². The van der Waals surface area contributed by atoms with Gasteiger partial charge in [-0.1, -0.05) is 6.07 Å². The summed E-state index contributed by atoms with van der Waals surface area (Å²) in [7, 11) is 4.63. The third-order valence-corrected chi connectivity index (χ3v) is 5.82. The van der Waals surface area contributed by atoms with Crippen LogP contribution in [0.4, 0.5) is 5.82 Å². The first-order valence-electron chi connectivity index (χ1n) is 10.0. The van der Waals surface area contributed by atoms with Crippen molar-refractivity contribution in [2.45, 2.75) is 32.1 Å². The summed E-state index contributed by atoms with van der Waals surface area (Å²) >= 11 is 0. The van der Waals surface area contributed by atoms with Crippen molar-refractivity contribution in [2.75, 3.05) is 19.0 Å². The third-order valence-electron chi connectivity index (χ3n) is 5.82. The molecule has 0 bridgehead atoms. The predicted molar refractivity (Wildman–Crippen MR) is 112 cm³/mol. The molecule has 0 radical (unpaired) electrons. The zero-order valence-electron chi connectivity index (χ0n) is 17.6. The van der Waals surface area contributed by atoms with Crippen molar-refractivity contribution in [3.8, 4) is 11.5 Å². The molecule has 8 nitrogen and oxygen atoms in total. The van der Waals surface area contributed by atoms with Crippen molar-refractivity contribution in [2.24, 2.45) is 14.1 Å². The molecule has 30 heavy (non-hydrogen) atoms. The number of ketones is 1. The number of nitrogens with zero attached hydrogens (tertiary/aromatic N) is 2. The highest BCUT2D eigenvalue weighted by atomic mass is 16.5. The third kappa shape index (κ3) is 2.94. The summed E-state index contributed by atoms with van der Waals surface area (Å²) in [6.45, 7) is 2.38. The van der Waals surface area contributed by atoms with E-state index in [4.69, 9.17) is 9.47 Å². The Morgan fingerprint density at radius 2 is 1.87 bits per heavy atom. The number of hydrogen-bond acceptors (Lipinski definition) is 6. The number of rotatable bonds is 4. The van der Waals surface area contributed by atoms with E-state index in [9.17, 15) is 14.4 Å². The molecule has 0 spiro atoms. The molecule has 8 heteroatoms. The molecule has 4 rings (SSSR count). The minimum atomic E-state index is -0.584. The monoisotopic (exact) mass is 411 g/mol. The van der Waals surface area contributed by atoms with Crippen molar-refractivity contribution in [1.82, 2.24) is 9.13 Å². The smallest absolute Gasteiger partial charge is 0.332 e. The number of ether oxygens (including phenoxy) is 2. The zero-order chi connectivity index (χ0) is 21.6.